The van der Waals surface area contributed by atoms with Crippen molar-refractivity contribution in [3.05, 3.63) is 116 Å². The molecule has 3 amide bonds. The number of nitrogens with zero attached hydrogens (tertiary/aromatic N) is 2. The van der Waals surface area contributed by atoms with Gasteiger partial charge in [-0.05, 0) is 47.9 Å². The molecule has 2 heterocycles. The summed E-state index contributed by atoms with van der Waals surface area (Å²) in [7, 11) is 1.29. The number of anilines is 2. The van der Waals surface area contributed by atoms with Crippen LogP contribution in [0, 0.1) is 10.1 Å². The number of nitro groups is 1. The summed E-state index contributed by atoms with van der Waals surface area (Å²) in [5.41, 5.74) is 2.43. The van der Waals surface area contributed by atoms with E-state index in [2.05, 4.69) is 10.6 Å². The summed E-state index contributed by atoms with van der Waals surface area (Å²) in [6.45, 7) is 2.32. The number of thiophene rings is 1. The lowest BCUT2D eigenvalue weighted by atomic mass is 10.0. The summed E-state index contributed by atoms with van der Waals surface area (Å²) in [6, 6.07) is 21.5. The standard InChI is InChI=1S/C32H28N4O7S2/c1-19(37)35-16-15-25-26(18-35)45-31(27(25)32(40)43-2)34-30(39)28(20-7-4-3-5-8-20)44-24-10-6-9-22(17-24)33-29(38)21-11-13-23(14-12-21)36(41)42/h3-14,17,28H,15-16,18H2,1-2H3,(H,33,38)(H,34,39). The lowest BCUT2D eigenvalue weighted by Gasteiger charge is -2.25. The van der Waals surface area contributed by atoms with Gasteiger partial charge in [0.05, 0.1) is 24.1 Å². The molecule has 1 aliphatic heterocycles. The van der Waals surface area contributed by atoms with Crippen molar-refractivity contribution < 1.29 is 28.8 Å². The zero-order valence-electron chi connectivity index (χ0n) is 24.3. The average molecular weight is 645 g/mol. The fraction of sp³-hybridized carbons (Fsp3) is 0.188. The highest BCUT2D eigenvalue weighted by atomic mass is 32.2. The number of non-ortho nitro benzene ring substituents is 1. The van der Waals surface area contributed by atoms with Crippen molar-refractivity contribution >= 4 is 63.2 Å². The van der Waals surface area contributed by atoms with Crippen molar-refractivity contribution in [1.29, 1.82) is 0 Å². The number of thioether (sulfide) groups is 1. The number of hydrogen-bond acceptors (Lipinski definition) is 9. The first-order valence-electron chi connectivity index (χ1n) is 13.8. The number of fused-ring (bicyclic) bond motifs is 1. The third-order valence-corrected chi connectivity index (χ3v) is 9.54. The maximum atomic E-state index is 13.9. The Bertz CT molecular complexity index is 1770. The third-order valence-electron chi connectivity index (χ3n) is 7.16. The van der Waals surface area contributed by atoms with Gasteiger partial charge in [0.15, 0.2) is 0 Å². The van der Waals surface area contributed by atoms with Gasteiger partial charge in [-0.3, -0.25) is 24.5 Å². The number of nitro benzene ring substituents is 1. The van der Waals surface area contributed by atoms with Gasteiger partial charge in [-0.15, -0.1) is 23.1 Å². The molecule has 0 fully saturated rings. The first-order chi connectivity index (χ1) is 21.6. The highest BCUT2D eigenvalue weighted by molar-refractivity contribution is 8.00. The van der Waals surface area contributed by atoms with Crippen LogP contribution in [0.3, 0.4) is 0 Å². The van der Waals surface area contributed by atoms with Gasteiger partial charge in [-0.1, -0.05) is 36.4 Å². The van der Waals surface area contributed by atoms with Gasteiger partial charge in [0.2, 0.25) is 11.8 Å². The molecule has 5 rings (SSSR count). The summed E-state index contributed by atoms with van der Waals surface area (Å²) < 4.78 is 5.06. The molecular weight excluding hydrogens is 617 g/mol. The van der Waals surface area contributed by atoms with Crippen LogP contribution in [0.5, 0.6) is 0 Å². The molecule has 1 unspecified atom stereocenters. The van der Waals surface area contributed by atoms with Crippen LogP contribution in [-0.4, -0.2) is 47.2 Å². The molecule has 0 bridgehead atoms. The molecule has 1 aromatic heterocycles. The van der Waals surface area contributed by atoms with Crippen molar-refractivity contribution in [1.82, 2.24) is 4.90 Å². The average Bonchev–Trinajstić information content (AvgIpc) is 3.40. The van der Waals surface area contributed by atoms with E-state index in [0.29, 0.717) is 40.7 Å². The highest BCUT2D eigenvalue weighted by Gasteiger charge is 2.32. The lowest BCUT2D eigenvalue weighted by Crippen LogP contribution is -2.33. The molecule has 45 heavy (non-hydrogen) atoms. The number of hydrogen-bond donors (Lipinski definition) is 2. The maximum absolute atomic E-state index is 13.9. The van der Waals surface area contributed by atoms with Crippen molar-refractivity contribution in [2.45, 2.75) is 30.0 Å². The minimum Gasteiger partial charge on any atom is -0.465 e. The first-order valence-corrected chi connectivity index (χ1v) is 15.5. The van der Waals surface area contributed by atoms with E-state index in [9.17, 15) is 29.3 Å². The molecule has 11 nitrogen and oxygen atoms in total. The SMILES string of the molecule is COC(=O)c1c(NC(=O)C(Sc2cccc(NC(=O)c3ccc([N+](=O)[O-])cc3)c2)c2ccccc2)sc2c1CCN(C(C)=O)C2. The fourth-order valence-corrected chi connectivity index (χ4v) is 7.22. The maximum Gasteiger partial charge on any atom is 0.341 e. The highest BCUT2D eigenvalue weighted by Crippen LogP contribution is 2.41. The Morgan fingerprint density at radius 2 is 1.73 bits per heavy atom. The van der Waals surface area contributed by atoms with Gasteiger partial charge in [0.1, 0.15) is 10.3 Å². The summed E-state index contributed by atoms with van der Waals surface area (Å²) in [5, 5.41) is 16.3. The van der Waals surface area contributed by atoms with Gasteiger partial charge in [0.25, 0.3) is 11.6 Å². The minimum absolute atomic E-state index is 0.0639. The molecule has 0 aliphatic carbocycles. The fourth-order valence-electron chi connectivity index (χ4n) is 4.88. The number of amides is 3. The van der Waals surface area contributed by atoms with Crippen LogP contribution in [0.25, 0.3) is 0 Å². The Kier molecular flexibility index (Phi) is 9.59. The number of ether oxygens (including phenoxy) is 1. The van der Waals surface area contributed by atoms with E-state index in [1.165, 1.54) is 61.4 Å². The Morgan fingerprint density at radius 1 is 1.00 bits per heavy atom. The van der Waals surface area contributed by atoms with Gasteiger partial charge in [-0.2, -0.15) is 0 Å². The summed E-state index contributed by atoms with van der Waals surface area (Å²) in [5.74, 6) is -1.42. The number of carbonyl (C=O) groups excluding carboxylic acids is 4. The molecule has 4 aromatic rings. The van der Waals surface area contributed by atoms with Gasteiger partial charge in [0, 0.05) is 46.6 Å². The Balaban J connectivity index is 1.39. The summed E-state index contributed by atoms with van der Waals surface area (Å²) >= 11 is 2.53. The van der Waals surface area contributed by atoms with Crippen LogP contribution in [0.15, 0.2) is 83.8 Å². The second-order valence-electron chi connectivity index (χ2n) is 10.1. The van der Waals surface area contributed by atoms with Crippen LogP contribution < -0.4 is 10.6 Å². The quantitative estimate of drug-likeness (QED) is 0.0966. The Labute approximate surface area is 266 Å². The topological polar surface area (TPSA) is 148 Å². The molecule has 13 heteroatoms. The molecular formula is C32H28N4O7S2. The molecule has 1 atom stereocenters. The first kappa shape index (κ1) is 31.4. The molecule has 2 N–H and O–H groups in total. The molecule has 0 saturated carbocycles. The molecule has 0 spiro atoms. The van der Waals surface area contributed by atoms with Crippen molar-refractivity contribution in [3.63, 3.8) is 0 Å². The predicted octanol–water partition coefficient (Wildman–Crippen LogP) is 6.07. The molecule has 0 saturated heterocycles. The van der Waals surface area contributed by atoms with Crippen LogP contribution in [0.4, 0.5) is 16.4 Å². The summed E-state index contributed by atoms with van der Waals surface area (Å²) in [6.07, 6.45) is 0.473. The third kappa shape index (κ3) is 7.21. The number of carbonyl (C=O) groups is 4. The van der Waals surface area contributed by atoms with E-state index < -0.39 is 22.0 Å². The van der Waals surface area contributed by atoms with Gasteiger partial charge < -0.3 is 20.3 Å². The largest absolute Gasteiger partial charge is 0.465 e. The lowest BCUT2D eigenvalue weighted by molar-refractivity contribution is -0.384. The van der Waals surface area contributed by atoms with Crippen LogP contribution in [-0.2, 0) is 27.3 Å². The minimum atomic E-state index is -0.731. The summed E-state index contributed by atoms with van der Waals surface area (Å²) in [4.78, 5) is 65.2. The van der Waals surface area contributed by atoms with Gasteiger partial charge in [-0.25, -0.2) is 4.79 Å². The van der Waals surface area contributed by atoms with Crippen LogP contribution in [0.1, 0.15) is 48.9 Å². The van der Waals surface area contributed by atoms with Crippen molar-refractivity contribution in [2.75, 3.05) is 24.3 Å². The number of esters is 1. The van der Waals surface area contributed by atoms with Crippen molar-refractivity contribution in [3.8, 4) is 0 Å². The normalized spacial score (nSPS) is 12.9. The van der Waals surface area contributed by atoms with Crippen molar-refractivity contribution in [2.24, 2.45) is 0 Å². The number of nitrogens with one attached hydrogen (secondary N) is 2. The molecule has 1 aliphatic rings. The Hall–Kier alpha value is -5.01. The van der Waals surface area contributed by atoms with E-state index in [4.69, 9.17) is 4.74 Å². The van der Waals surface area contributed by atoms with E-state index in [0.717, 1.165) is 16.0 Å². The number of methoxy groups -OCH3 is 1. The monoisotopic (exact) mass is 644 g/mol. The van der Waals surface area contributed by atoms with E-state index in [1.807, 2.05) is 36.4 Å². The van der Waals surface area contributed by atoms with E-state index in [1.54, 1.807) is 23.1 Å². The zero-order chi connectivity index (χ0) is 32.1. The second kappa shape index (κ2) is 13.7. The van der Waals surface area contributed by atoms with E-state index in [-0.39, 0.29) is 23.1 Å². The second-order valence-corrected chi connectivity index (χ2v) is 12.4. The zero-order valence-corrected chi connectivity index (χ0v) is 25.9. The smallest absolute Gasteiger partial charge is 0.341 e. The van der Waals surface area contributed by atoms with Gasteiger partial charge >= 0.3 is 5.97 Å². The molecule has 3 aromatic carbocycles. The molecule has 230 valence electrons. The number of rotatable bonds is 9. The van der Waals surface area contributed by atoms with Crippen LogP contribution in [0.2, 0.25) is 0 Å². The van der Waals surface area contributed by atoms with E-state index >= 15 is 0 Å². The predicted molar refractivity (Wildman–Crippen MR) is 172 cm³/mol. The molecule has 0 radical (unpaired) electrons. The number of benzene rings is 3. The van der Waals surface area contributed by atoms with Crippen LogP contribution >= 0.6 is 23.1 Å². The Morgan fingerprint density at radius 3 is 2.40 bits per heavy atom.